The zero-order valence-corrected chi connectivity index (χ0v) is 9.70. The maximum atomic E-state index is 10.4. The van der Waals surface area contributed by atoms with Gasteiger partial charge in [-0.1, -0.05) is 0 Å². The van der Waals surface area contributed by atoms with Gasteiger partial charge in [-0.3, -0.25) is 14.9 Å². The summed E-state index contributed by atoms with van der Waals surface area (Å²) in [6.45, 7) is -0.269. The second-order valence-corrected chi connectivity index (χ2v) is 3.05. The van der Waals surface area contributed by atoms with Crippen molar-refractivity contribution in [2.24, 2.45) is 0 Å². The van der Waals surface area contributed by atoms with E-state index in [1.807, 2.05) is 0 Å². The number of hydrogen-bond donors (Lipinski definition) is 3. The van der Waals surface area contributed by atoms with Gasteiger partial charge in [-0.2, -0.15) is 0 Å². The summed E-state index contributed by atoms with van der Waals surface area (Å²) in [4.78, 5) is 19.3. The monoisotopic (exact) mass is 258 g/mol. The number of anilines is 1. The first-order chi connectivity index (χ1) is 8.42. The van der Waals surface area contributed by atoms with E-state index in [0.29, 0.717) is 5.75 Å². The van der Waals surface area contributed by atoms with Crippen LogP contribution in [0.1, 0.15) is 6.42 Å². The molecule has 0 atom stereocenters. The van der Waals surface area contributed by atoms with E-state index in [4.69, 9.17) is 20.7 Å². The van der Waals surface area contributed by atoms with E-state index in [-0.39, 0.29) is 24.4 Å². The Morgan fingerprint density at radius 3 is 2.50 bits per heavy atom. The second-order valence-electron chi connectivity index (χ2n) is 3.05. The van der Waals surface area contributed by atoms with Crippen LogP contribution in [0.15, 0.2) is 18.2 Å². The van der Waals surface area contributed by atoms with Crippen molar-refractivity contribution in [1.82, 2.24) is 0 Å². The minimum Gasteiger partial charge on any atom is -0.496 e. The van der Waals surface area contributed by atoms with E-state index >= 15 is 0 Å². The molecule has 1 aromatic rings. The number of hydrogen-bond acceptors (Lipinski definition) is 6. The number of rotatable bonds is 4. The average molecular weight is 258 g/mol. The number of ether oxygens (including phenoxy) is 1. The van der Waals surface area contributed by atoms with Crippen LogP contribution in [0.5, 0.6) is 5.75 Å². The van der Waals surface area contributed by atoms with Crippen LogP contribution in [0.25, 0.3) is 0 Å². The van der Waals surface area contributed by atoms with Crippen molar-refractivity contribution in [3.8, 4) is 5.75 Å². The van der Waals surface area contributed by atoms with Gasteiger partial charge in [-0.15, -0.1) is 0 Å². The topological polar surface area (TPSA) is 136 Å². The lowest BCUT2D eigenvalue weighted by Gasteiger charge is -2.00. The van der Waals surface area contributed by atoms with Gasteiger partial charge in [-0.05, 0) is 12.1 Å². The Morgan fingerprint density at radius 2 is 2.17 bits per heavy atom. The van der Waals surface area contributed by atoms with Gasteiger partial charge in [0.2, 0.25) is 0 Å². The third-order valence-electron chi connectivity index (χ3n) is 1.76. The highest BCUT2D eigenvalue weighted by atomic mass is 16.6. The lowest BCUT2D eigenvalue weighted by Crippen LogP contribution is -1.96. The predicted octanol–water partition coefficient (Wildman–Crippen LogP) is 0.639. The molecule has 1 rings (SSSR count). The highest BCUT2D eigenvalue weighted by molar-refractivity contribution is 5.66. The van der Waals surface area contributed by atoms with Crippen LogP contribution in [0, 0.1) is 10.1 Å². The average Bonchev–Trinajstić information content (AvgIpc) is 2.30. The molecule has 0 spiro atoms. The first-order valence-corrected chi connectivity index (χ1v) is 4.83. The summed E-state index contributed by atoms with van der Waals surface area (Å²) in [5.74, 6) is -0.534. The quantitative estimate of drug-likeness (QED) is 0.409. The van der Waals surface area contributed by atoms with Gasteiger partial charge < -0.3 is 20.7 Å². The highest BCUT2D eigenvalue weighted by Crippen LogP contribution is 2.25. The Morgan fingerprint density at radius 1 is 1.56 bits per heavy atom. The fourth-order valence-corrected chi connectivity index (χ4v) is 0.904. The van der Waals surface area contributed by atoms with Crippen molar-refractivity contribution < 1.29 is 24.7 Å². The Balaban J connectivity index is 0.000000411. The molecule has 0 aliphatic rings. The summed E-state index contributed by atoms with van der Waals surface area (Å²) in [6.07, 6.45) is -0.153. The fraction of sp³-hybridized carbons (Fsp3) is 0.300. The number of nitrogens with two attached hydrogens (primary N) is 1. The molecule has 0 aliphatic heterocycles. The Kier molecular flexibility index (Phi) is 6.82. The minimum absolute atomic E-state index is 0.130. The molecule has 1 aromatic carbocycles. The summed E-state index contributed by atoms with van der Waals surface area (Å²) in [7, 11) is 1.44. The van der Waals surface area contributed by atoms with Crippen molar-refractivity contribution in [2.45, 2.75) is 6.42 Å². The van der Waals surface area contributed by atoms with Crippen molar-refractivity contribution in [3.63, 3.8) is 0 Å². The van der Waals surface area contributed by atoms with Gasteiger partial charge in [0.1, 0.15) is 11.4 Å². The zero-order chi connectivity index (χ0) is 14.1. The molecule has 0 heterocycles. The number of benzene rings is 1. The first-order valence-electron chi connectivity index (χ1n) is 4.83. The summed E-state index contributed by atoms with van der Waals surface area (Å²) in [5, 5.41) is 26.0. The van der Waals surface area contributed by atoms with E-state index in [9.17, 15) is 14.9 Å². The number of carboxylic acid groups (broad SMARTS) is 1. The van der Waals surface area contributed by atoms with Gasteiger partial charge in [0.25, 0.3) is 5.69 Å². The number of carboxylic acids is 1. The zero-order valence-electron chi connectivity index (χ0n) is 9.70. The summed E-state index contributed by atoms with van der Waals surface area (Å²) < 4.78 is 4.80. The summed E-state index contributed by atoms with van der Waals surface area (Å²) in [5.41, 5.74) is 5.36. The Labute approximate surface area is 103 Å². The maximum Gasteiger partial charge on any atom is 0.305 e. The lowest BCUT2D eigenvalue weighted by molar-refractivity contribution is -0.384. The molecule has 100 valence electrons. The number of aliphatic carboxylic acids is 1. The van der Waals surface area contributed by atoms with Crippen molar-refractivity contribution in [1.29, 1.82) is 0 Å². The van der Waals surface area contributed by atoms with Gasteiger partial charge in [-0.25, -0.2) is 0 Å². The number of nitrogen functional groups attached to an aromatic ring is 1. The third kappa shape index (κ3) is 5.66. The molecule has 0 aliphatic carbocycles. The Bertz CT molecular complexity index is 421. The van der Waals surface area contributed by atoms with Gasteiger partial charge >= 0.3 is 5.97 Å². The van der Waals surface area contributed by atoms with Crippen LogP contribution >= 0.6 is 0 Å². The Hall–Kier alpha value is -2.35. The molecule has 8 nitrogen and oxygen atoms in total. The lowest BCUT2D eigenvalue weighted by atomic mass is 10.2. The molecule has 0 fully saturated rings. The van der Waals surface area contributed by atoms with Crippen LogP contribution in [0.3, 0.4) is 0 Å². The van der Waals surface area contributed by atoms with E-state index < -0.39 is 10.9 Å². The minimum atomic E-state index is -0.961. The van der Waals surface area contributed by atoms with Crippen molar-refractivity contribution >= 4 is 17.3 Å². The van der Waals surface area contributed by atoms with Crippen LogP contribution in [0.2, 0.25) is 0 Å². The van der Waals surface area contributed by atoms with Gasteiger partial charge in [0, 0.05) is 0 Å². The van der Waals surface area contributed by atoms with Crippen LogP contribution in [-0.4, -0.2) is 34.8 Å². The van der Waals surface area contributed by atoms with E-state index in [2.05, 4.69) is 0 Å². The third-order valence-corrected chi connectivity index (χ3v) is 1.76. The predicted molar refractivity (Wildman–Crippen MR) is 63.4 cm³/mol. The normalized spacial score (nSPS) is 9.00. The van der Waals surface area contributed by atoms with E-state index in [1.165, 1.54) is 19.2 Å². The standard InChI is InChI=1S/C7H8N2O3.C3H6O3/c1-12-5-2-3-6(8)7(4-5)9(10)11;4-2-1-3(5)6/h2-4H,8H2,1H3;4H,1-2H2,(H,5,6). The molecule has 0 aromatic heterocycles. The molecule has 0 radical (unpaired) electrons. The van der Waals surface area contributed by atoms with Gasteiger partial charge in [0.15, 0.2) is 0 Å². The van der Waals surface area contributed by atoms with Crippen LogP contribution in [0.4, 0.5) is 11.4 Å². The molecule has 0 saturated carbocycles. The number of methoxy groups -OCH3 is 1. The maximum absolute atomic E-state index is 10.4. The molecule has 0 bridgehead atoms. The molecule has 18 heavy (non-hydrogen) atoms. The van der Waals surface area contributed by atoms with E-state index in [0.717, 1.165) is 0 Å². The molecule has 0 saturated heterocycles. The van der Waals surface area contributed by atoms with Gasteiger partial charge in [0.05, 0.1) is 31.1 Å². The fourth-order valence-electron chi connectivity index (χ4n) is 0.904. The number of carbonyl (C=O) groups is 1. The summed E-state index contributed by atoms with van der Waals surface area (Å²) in [6, 6.07) is 4.30. The van der Waals surface area contributed by atoms with Crippen molar-refractivity contribution in [2.75, 3.05) is 19.5 Å². The molecular weight excluding hydrogens is 244 g/mol. The largest absolute Gasteiger partial charge is 0.496 e. The number of nitro benzene ring substituents is 1. The molecule has 0 amide bonds. The number of nitro groups is 1. The molecule has 0 unspecified atom stereocenters. The highest BCUT2D eigenvalue weighted by Gasteiger charge is 2.11. The number of nitrogens with zero attached hydrogens (tertiary/aromatic N) is 1. The smallest absolute Gasteiger partial charge is 0.305 e. The van der Waals surface area contributed by atoms with E-state index in [1.54, 1.807) is 6.07 Å². The summed E-state index contributed by atoms with van der Waals surface area (Å²) >= 11 is 0. The SMILES string of the molecule is COc1ccc(N)c([N+](=O)[O-])c1.O=C(O)CCO. The van der Waals surface area contributed by atoms with Crippen LogP contribution < -0.4 is 10.5 Å². The van der Waals surface area contributed by atoms with Crippen molar-refractivity contribution in [3.05, 3.63) is 28.3 Å². The molecule has 8 heteroatoms. The first kappa shape index (κ1) is 15.6. The molecular formula is C10H14N2O6. The van der Waals surface area contributed by atoms with Crippen LogP contribution in [-0.2, 0) is 4.79 Å². The second kappa shape index (κ2) is 7.85. The molecule has 4 N–H and O–H groups in total. The number of aliphatic hydroxyl groups is 1. The number of aliphatic hydroxyl groups excluding tert-OH is 1.